The second kappa shape index (κ2) is 10.5. The molecule has 4 aromatic heterocycles. The highest BCUT2D eigenvalue weighted by Gasteiger charge is 2.51. The molecule has 44 heavy (non-hydrogen) atoms. The summed E-state index contributed by atoms with van der Waals surface area (Å²) in [5.41, 5.74) is 2.39. The number of aromatic amines is 1. The number of rotatable bonds is 7. The molecule has 0 radical (unpaired) electrons. The molecule has 1 aromatic carbocycles. The Bertz CT molecular complexity index is 2260. The second-order valence-electron chi connectivity index (χ2n) is 11.0. The van der Waals surface area contributed by atoms with Gasteiger partial charge in [0.2, 0.25) is 10.0 Å². The summed E-state index contributed by atoms with van der Waals surface area (Å²) in [5, 5.41) is 8.08. The van der Waals surface area contributed by atoms with Crippen molar-refractivity contribution < 1.29 is 16.8 Å². The van der Waals surface area contributed by atoms with E-state index in [-0.39, 0.29) is 10.4 Å². The largest absolute Gasteiger partial charge is 0.340 e. The standard InChI is InChI=1S/C31H30N6O5S2/c1-20-15-22(25-17-24(43(4,39)40)8-9-27(25)35-28-7-5-6-12-32-28)16-26(23-18-34-36(3)19-23)31(20,2)44(41,42)37-14-11-21-10-13-33-30(38)29(21)37/h5-19,26H,1-4H3,(H,32,35)(H,33,38). The van der Waals surface area contributed by atoms with E-state index < -0.39 is 36.1 Å². The number of H-pyrrole nitrogens is 1. The number of pyridine rings is 2. The summed E-state index contributed by atoms with van der Waals surface area (Å²) in [6, 6.07) is 13.4. The minimum absolute atomic E-state index is 0.0314. The first-order valence-electron chi connectivity index (χ1n) is 13.7. The number of hydrogen-bond acceptors (Lipinski definition) is 8. The minimum atomic E-state index is -4.28. The molecule has 226 valence electrons. The number of sulfone groups is 1. The Labute approximate surface area is 254 Å². The van der Waals surface area contributed by atoms with Crippen LogP contribution in [0.1, 0.15) is 30.9 Å². The zero-order valence-corrected chi connectivity index (χ0v) is 26.0. The van der Waals surface area contributed by atoms with Gasteiger partial charge in [-0.1, -0.05) is 18.2 Å². The molecule has 0 saturated heterocycles. The number of aryl methyl sites for hydroxylation is 1. The lowest BCUT2D eigenvalue weighted by molar-refractivity contribution is 0.525. The Morgan fingerprint density at radius 3 is 2.55 bits per heavy atom. The van der Waals surface area contributed by atoms with E-state index in [9.17, 15) is 21.6 Å². The van der Waals surface area contributed by atoms with E-state index in [0.717, 1.165) is 10.2 Å². The van der Waals surface area contributed by atoms with Crippen LogP contribution in [0.15, 0.2) is 107 Å². The van der Waals surface area contributed by atoms with Crippen LogP contribution in [0.5, 0.6) is 0 Å². The third-order valence-corrected chi connectivity index (χ3v) is 11.8. The molecule has 1 aliphatic carbocycles. The molecule has 0 aliphatic heterocycles. The van der Waals surface area contributed by atoms with Gasteiger partial charge < -0.3 is 10.3 Å². The Hall–Kier alpha value is -4.75. The van der Waals surface area contributed by atoms with Crippen molar-refractivity contribution in [2.45, 2.75) is 29.4 Å². The normalized spacial score (nSPS) is 19.0. The van der Waals surface area contributed by atoms with Crippen LogP contribution >= 0.6 is 0 Å². The summed E-state index contributed by atoms with van der Waals surface area (Å²) in [6.07, 6.45) is 12.6. The van der Waals surface area contributed by atoms with E-state index in [0.29, 0.717) is 39.2 Å². The zero-order valence-electron chi connectivity index (χ0n) is 24.4. The molecule has 13 heteroatoms. The SMILES string of the molecule is CC1=CC(c2cc(S(C)(=O)=O)ccc2Nc2ccccn2)=CC(c2cnn(C)c2)C1(C)S(=O)(=O)n1ccc2cc[nH]c(=O)c21. The van der Waals surface area contributed by atoms with Gasteiger partial charge in [-0.15, -0.1) is 0 Å². The topological polar surface area (TPSA) is 149 Å². The van der Waals surface area contributed by atoms with Crippen molar-refractivity contribution >= 4 is 47.8 Å². The maximum Gasteiger partial charge on any atom is 0.273 e. The van der Waals surface area contributed by atoms with Crippen molar-refractivity contribution in [1.29, 1.82) is 0 Å². The van der Waals surface area contributed by atoms with Crippen molar-refractivity contribution in [3.05, 3.63) is 119 Å². The predicted molar refractivity (Wildman–Crippen MR) is 170 cm³/mol. The second-order valence-corrected chi connectivity index (χ2v) is 15.2. The molecule has 2 N–H and O–H groups in total. The molecule has 0 fully saturated rings. The van der Waals surface area contributed by atoms with Crippen molar-refractivity contribution in [2.24, 2.45) is 7.05 Å². The Kier molecular flexibility index (Phi) is 6.97. The summed E-state index contributed by atoms with van der Waals surface area (Å²) >= 11 is 0. The lowest BCUT2D eigenvalue weighted by Crippen LogP contribution is -2.46. The molecule has 2 atom stereocenters. The van der Waals surface area contributed by atoms with Gasteiger partial charge in [-0.25, -0.2) is 25.8 Å². The van der Waals surface area contributed by atoms with Gasteiger partial charge in [0.1, 0.15) is 16.1 Å². The van der Waals surface area contributed by atoms with Gasteiger partial charge in [0.05, 0.1) is 11.1 Å². The lowest BCUT2D eigenvalue weighted by atomic mass is 9.76. The molecule has 0 amide bonds. The van der Waals surface area contributed by atoms with E-state index in [4.69, 9.17) is 0 Å². The van der Waals surface area contributed by atoms with Gasteiger partial charge in [-0.2, -0.15) is 5.10 Å². The average Bonchev–Trinajstić information content (AvgIpc) is 3.62. The Balaban J connectivity index is 1.58. The number of allylic oxidation sites excluding steroid dienone is 3. The monoisotopic (exact) mass is 630 g/mol. The van der Waals surface area contributed by atoms with Crippen LogP contribution in [-0.4, -0.2) is 51.6 Å². The van der Waals surface area contributed by atoms with Gasteiger partial charge in [-0.3, -0.25) is 9.48 Å². The molecule has 0 bridgehead atoms. The highest BCUT2D eigenvalue weighted by atomic mass is 32.2. The van der Waals surface area contributed by atoms with Crippen LogP contribution < -0.4 is 10.9 Å². The van der Waals surface area contributed by atoms with E-state index in [1.807, 2.05) is 12.1 Å². The third-order valence-electron chi connectivity index (χ3n) is 8.21. The van der Waals surface area contributed by atoms with Gasteiger partial charge in [0, 0.05) is 60.6 Å². The summed E-state index contributed by atoms with van der Waals surface area (Å²) < 4.78 is 55.7. The molecular weight excluding hydrogens is 601 g/mol. The third kappa shape index (κ3) is 4.77. The van der Waals surface area contributed by atoms with Gasteiger partial charge in [0.25, 0.3) is 5.56 Å². The fourth-order valence-corrected chi connectivity index (χ4v) is 8.40. The molecule has 1 aliphatic rings. The number of nitrogens with zero attached hydrogens (tertiary/aromatic N) is 4. The van der Waals surface area contributed by atoms with Crippen LogP contribution in [0.3, 0.4) is 0 Å². The van der Waals surface area contributed by atoms with Crippen molar-refractivity contribution in [3.8, 4) is 0 Å². The maximum absolute atomic E-state index is 14.7. The Morgan fingerprint density at radius 1 is 1.07 bits per heavy atom. The fraction of sp³-hybridized carbons (Fsp3) is 0.194. The molecule has 2 unspecified atom stereocenters. The van der Waals surface area contributed by atoms with Crippen LogP contribution in [0.4, 0.5) is 11.5 Å². The van der Waals surface area contributed by atoms with Gasteiger partial charge in [0.15, 0.2) is 9.84 Å². The highest BCUT2D eigenvalue weighted by molar-refractivity contribution is 7.91. The van der Waals surface area contributed by atoms with Crippen LogP contribution in [0.2, 0.25) is 0 Å². The molecule has 6 rings (SSSR count). The maximum atomic E-state index is 14.7. The number of benzene rings is 1. The summed E-state index contributed by atoms with van der Waals surface area (Å²) in [4.78, 5) is 19.9. The fourth-order valence-electron chi connectivity index (χ4n) is 5.71. The number of fused-ring (bicyclic) bond motifs is 1. The average molecular weight is 631 g/mol. The number of anilines is 2. The van der Waals surface area contributed by atoms with Crippen LogP contribution in [0.25, 0.3) is 16.5 Å². The molecule has 4 heterocycles. The lowest BCUT2D eigenvalue weighted by Gasteiger charge is -2.39. The van der Waals surface area contributed by atoms with E-state index in [2.05, 4.69) is 20.4 Å². The molecule has 11 nitrogen and oxygen atoms in total. The minimum Gasteiger partial charge on any atom is -0.340 e. The van der Waals surface area contributed by atoms with E-state index in [1.165, 1.54) is 18.5 Å². The molecule has 0 spiro atoms. The Morgan fingerprint density at radius 2 is 1.86 bits per heavy atom. The first-order chi connectivity index (χ1) is 20.8. The number of aromatic nitrogens is 5. The van der Waals surface area contributed by atoms with Crippen molar-refractivity contribution in [2.75, 3.05) is 11.6 Å². The van der Waals surface area contributed by atoms with Crippen LogP contribution in [0, 0.1) is 0 Å². The summed E-state index contributed by atoms with van der Waals surface area (Å²) in [6.45, 7) is 3.37. The van der Waals surface area contributed by atoms with E-state index >= 15 is 0 Å². The smallest absolute Gasteiger partial charge is 0.273 e. The van der Waals surface area contributed by atoms with Gasteiger partial charge in [-0.05, 0) is 73.0 Å². The van der Waals surface area contributed by atoms with Crippen molar-refractivity contribution in [1.82, 2.24) is 23.7 Å². The van der Waals surface area contributed by atoms with Crippen molar-refractivity contribution in [3.63, 3.8) is 0 Å². The summed E-state index contributed by atoms with van der Waals surface area (Å²) in [5.74, 6) is -0.218. The number of hydrogen-bond donors (Lipinski definition) is 2. The summed E-state index contributed by atoms with van der Waals surface area (Å²) in [7, 11) is -6.10. The number of nitrogens with one attached hydrogen (secondary N) is 2. The molecular formula is C31H30N6O5S2. The van der Waals surface area contributed by atoms with E-state index in [1.54, 1.807) is 86.6 Å². The first kappa shape index (κ1) is 29.3. The first-order valence-corrected chi connectivity index (χ1v) is 17.0. The molecule has 5 aromatic rings. The van der Waals surface area contributed by atoms with Gasteiger partial charge >= 0.3 is 0 Å². The quantitative estimate of drug-likeness (QED) is 0.269. The highest BCUT2D eigenvalue weighted by Crippen LogP contribution is 2.49. The van der Waals surface area contributed by atoms with Crippen LogP contribution in [-0.2, 0) is 26.9 Å². The molecule has 0 saturated carbocycles. The zero-order chi connectivity index (χ0) is 31.4. The predicted octanol–water partition coefficient (Wildman–Crippen LogP) is 4.37.